The summed E-state index contributed by atoms with van der Waals surface area (Å²) in [5.74, 6) is -0.526. The molecule has 0 rings (SSSR count). The zero-order valence-corrected chi connectivity index (χ0v) is 5.37. The third-order valence-corrected chi connectivity index (χ3v) is 0.605. The second-order valence-electron chi connectivity index (χ2n) is 1.19. The van der Waals surface area contributed by atoms with E-state index in [2.05, 4.69) is 15.1 Å². The lowest BCUT2D eigenvalue weighted by Crippen LogP contribution is -2.05. The molecule has 10 heavy (non-hydrogen) atoms. The van der Waals surface area contributed by atoms with Crippen molar-refractivity contribution in [2.45, 2.75) is 0 Å². The highest BCUT2D eigenvalue weighted by molar-refractivity contribution is 5.81. The van der Waals surface area contributed by atoms with Crippen LogP contribution in [-0.2, 0) is 19.2 Å². The van der Waals surface area contributed by atoms with E-state index in [0.717, 1.165) is 12.3 Å². The van der Waals surface area contributed by atoms with E-state index in [1.54, 1.807) is 0 Å². The lowest BCUT2D eigenvalue weighted by atomic mass is 10.6. The number of hydrogen-bond donors (Lipinski definition) is 1. The molecule has 0 unspecified atom stereocenters. The first-order chi connectivity index (χ1) is 4.81. The van der Waals surface area contributed by atoms with Crippen LogP contribution >= 0.6 is 0 Å². The zero-order valence-electron chi connectivity index (χ0n) is 5.37. The van der Waals surface area contributed by atoms with Gasteiger partial charge in [-0.1, -0.05) is 0 Å². The Morgan fingerprint density at radius 2 is 2.30 bits per heavy atom. The van der Waals surface area contributed by atoms with E-state index in [0.29, 0.717) is 0 Å². The van der Waals surface area contributed by atoms with Gasteiger partial charge in [0.25, 0.3) is 0 Å². The third-order valence-electron chi connectivity index (χ3n) is 0.605. The van der Waals surface area contributed by atoms with Gasteiger partial charge in [0.05, 0.1) is 7.11 Å². The average molecular weight is 145 g/mol. The number of ether oxygens (including phenoxy) is 1. The molecule has 1 N–H and O–H groups in total. The quantitative estimate of drug-likeness (QED) is 0.187. The predicted molar refractivity (Wildman–Crippen MR) is 31.4 cm³/mol. The molecular weight excluding hydrogens is 138 g/mol. The van der Waals surface area contributed by atoms with Gasteiger partial charge in [0.15, 0.2) is 0 Å². The fourth-order valence-corrected chi connectivity index (χ4v) is 0.237. The Bertz CT molecular complexity index is 143. The van der Waals surface area contributed by atoms with Crippen LogP contribution in [0.15, 0.2) is 12.3 Å². The summed E-state index contributed by atoms with van der Waals surface area (Å²) in [7, 11) is 1.24. The highest BCUT2D eigenvalue weighted by Crippen LogP contribution is 1.73. The first-order valence-corrected chi connectivity index (χ1v) is 2.40. The minimum Gasteiger partial charge on any atom is -0.466 e. The van der Waals surface area contributed by atoms with E-state index < -0.39 is 5.97 Å². The summed E-state index contributed by atoms with van der Waals surface area (Å²) >= 11 is 0. The fraction of sp³-hybridized carbons (Fsp3) is 0.200. The van der Waals surface area contributed by atoms with Crippen molar-refractivity contribution < 1.29 is 19.2 Å². The smallest absolute Gasteiger partial charge is 0.332 e. The standard InChI is InChI=1S/C5H7NO4/c1-9-5(8)2-3-6-10-4-7/h2-4,6H,1H3/b3-2+. The van der Waals surface area contributed by atoms with Crippen LogP contribution in [-0.4, -0.2) is 19.6 Å². The molecule has 0 saturated heterocycles. The largest absolute Gasteiger partial charge is 0.466 e. The van der Waals surface area contributed by atoms with Gasteiger partial charge < -0.3 is 9.57 Å². The number of rotatable bonds is 4. The van der Waals surface area contributed by atoms with Gasteiger partial charge in [-0.25, -0.2) is 10.3 Å². The van der Waals surface area contributed by atoms with Gasteiger partial charge in [-0.05, 0) is 0 Å². The van der Waals surface area contributed by atoms with Crippen LogP contribution in [0.2, 0.25) is 0 Å². The molecular formula is C5H7NO4. The maximum Gasteiger partial charge on any atom is 0.332 e. The predicted octanol–water partition coefficient (Wildman–Crippen LogP) is -0.649. The molecule has 0 saturated carbocycles. The van der Waals surface area contributed by atoms with Crippen LogP contribution < -0.4 is 5.48 Å². The Morgan fingerprint density at radius 3 is 2.80 bits per heavy atom. The minimum absolute atomic E-state index is 0.196. The molecule has 0 atom stereocenters. The van der Waals surface area contributed by atoms with Crippen LogP contribution in [0.5, 0.6) is 0 Å². The van der Waals surface area contributed by atoms with Crippen molar-refractivity contribution in [3.8, 4) is 0 Å². The van der Waals surface area contributed by atoms with Gasteiger partial charge in [-0.15, -0.1) is 0 Å². The molecule has 56 valence electrons. The van der Waals surface area contributed by atoms with Crippen molar-refractivity contribution in [1.29, 1.82) is 0 Å². The zero-order chi connectivity index (χ0) is 7.82. The minimum atomic E-state index is -0.526. The SMILES string of the molecule is COC(=O)/C=C/NOC=O. The molecule has 0 fully saturated rings. The maximum atomic E-state index is 10.3. The van der Waals surface area contributed by atoms with Gasteiger partial charge in [-0.2, -0.15) is 0 Å². The number of hydrogen-bond acceptors (Lipinski definition) is 5. The van der Waals surface area contributed by atoms with Crippen molar-refractivity contribution in [3.63, 3.8) is 0 Å². The topological polar surface area (TPSA) is 64.6 Å². The Labute approximate surface area is 57.6 Å². The molecule has 5 nitrogen and oxygen atoms in total. The Kier molecular flexibility index (Phi) is 4.76. The van der Waals surface area contributed by atoms with Crippen LogP contribution in [0, 0.1) is 0 Å². The summed E-state index contributed by atoms with van der Waals surface area (Å²) in [6.45, 7) is 0.196. The van der Waals surface area contributed by atoms with E-state index in [4.69, 9.17) is 0 Å². The molecule has 0 aliphatic rings. The third kappa shape index (κ3) is 4.63. The summed E-state index contributed by atoms with van der Waals surface area (Å²) in [5, 5.41) is 0. The number of nitrogens with one attached hydrogen (secondary N) is 1. The second kappa shape index (κ2) is 5.61. The fourth-order valence-electron chi connectivity index (χ4n) is 0.237. The van der Waals surface area contributed by atoms with Crippen molar-refractivity contribution in [2.24, 2.45) is 0 Å². The molecule has 0 aromatic rings. The molecule has 0 aromatic carbocycles. The van der Waals surface area contributed by atoms with Gasteiger partial charge >= 0.3 is 12.4 Å². The second-order valence-corrected chi connectivity index (χ2v) is 1.19. The summed E-state index contributed by atoms with van der Waals surface area (Å²) in [6, 6.07) is 0. The van der Waals surface area contributed by atoms with Crippen LogP contribution in [0.4, 0.5) is 0 Å². The van der Waals surface area contributed by atoms with Crippen molar-refractivity contribution in [2.75, 3.05) is 7.11 Å². The summed E-state index contributed by atoms with van der Waals surface area (Å²) in [4.78, 5) is 23.8. The molecule has 0 spiro atoms. The average Bonchev–Trinajstić information content (AvgIpc) is 1.98. The van der Waals surface area contributed by atoms with Gasteiger partial charge in [0, 0.05) is 12.3 Å². The molecule has 0 amide bonds. The molecule has 5 heteroatoms. The molecule has 0 aliphatic carbocycles. The molecule has 0 aliphatic heterocycles. The van der Waals surface area contributed by atoms with E-state index in [9.17, 15) is 9.59 Å². The lowest BCUT2D eigenvalue weighted by Gasteiger charge is -1.91. The maximum absolute atomic E-state index is 10.3. The molecule has 0 aromatic heterocycles. The normalized spacial score (nSPS) is 8.90. The number of carbonyl (C=O) groups excluding carboxylic acids is 2. The van der Waals surface area contributed by atoms with Crippen LogP contribution in [0.1, 0.15) is 0 Å². The highest BCUT2D eigenvalue weighted by atomic mass is 16.7. The Hall–Kier alpha value is -1.52. The first kappa shape index (κ1) is 8.48. The number of carbonyl (C=O) groups is 2. The highest BCUT2D eigenvalue weighted by Gasteiger charge is 1.87. The summed E-state index contributed by atoms with van der Waals surface area (Å²) in [6.07, 6.45) is 2.21. The summed E-state index contributed by atoms with van der Waals surface area (Å²) < 4.78 is 4.22. The number of methoxy groups -OCH3 is 1. The van der Waals surface area contributed by atoms with Crippen LogP contribution in [0.25, 0.3) is 0 Å². The van der Waals surface area contributed by atoms with E-state index in [1.165, 1.54) is 7.11 Å². The lowest BCUT2D eigenvalue weighted by molar-refractivity contribution is -0.136. The molecule has 0 bridgehead atoms. The van der Waals surface area contributed by atoms with Crippen LogP contribution in [0.3, 0.4) is 0 Å². The van der Waals surface area contributed by atoms with E-state index in [-0.39, 0.29) is 6.47 Å². The number of hydroxylamine groups is 1. The monoisotopic (exact) mass is 145 g/mol. The Balaban J connectivity index is 3.35. The van der Waals surface area contributed by atoms with Crippen molar-refractivity contribution in [1.82, 2.24) is 5.48 Å². The first-order valence-electron chi connectivity index (χ1n) is 2.40. The Morgan fingerprint density at radius 1 is 1.60 bits per heavy atom. The molecule has 0 heterocycles. The molecule has 0 radical (unpaired) electrons. The van der Waals surface area contributed by atoms with Gasteiger partial charge in [-0.3, -0.25) is 4.79 Å². The number of esters is 1. The van der Waals surface area contributed by atoms with Crippen molar-refractivity contribution in [3.05, 3.63) is 12.3 Å². The van der Waals surface area contributed by atoms with Crippen molar-refractivity contribution >= 4 is 12.4 Å². The summed E-state index contributed by atoms with van der Waals surface area (Å²) in [5.41, 5.74) is 2.05. The van der Waals surface area contributed by atoms with E-state index in [1.807, 2.05) is 0 Å². The van der Waals surface area contributed by atoms with Gasteiger partial charge in [0.1, 0.15) is 0 Å². The van der Waals surface area contributed by atoms with E-state index >= 15 is 0 Å². The van der Waals surface area contributed by atoms with Gasteiger partial charge in [0.2, 0.25) is 0 Å².